The molecule has 5 aromatic carbocycles. The normalized spacial score (nSPS) is 22.6. The summed E-state index contributed by atoms with van der Waals surface area (Å²) in [5.74, 6) is 3.14. The van der Waals surface area contributed by atoms with Crippen molar-refractivity contribution in [2.75, 3.05) is 4.90 Å². The van der Waals surface area contributed by atoms with Crippen LogP contribution in [0.1, 0.15) is 11.5 Å². The Morgan fingerprint density at radius 1 is 0.681 bits per heavy atom. The molecule has 0 N–H and O–H groups in total. The fraction of sp³-hybridized carbons (Fsp3) is 0.0952. The molecule has 4 unspecified atom stereocenters. The van der Waals surface area contributed by atoms with E-state index in [-0.39, 0.29) is 30.6 Å². The third-order valence-electron chi connectivity index (χ3n) is 10.8. The lowest BCUT2D eigenvalue weighted by molar-refractivity contribution is 0.245. The highest BCUT2D eigenvalue weighted by Gasteiger charge is 2.50. The van der Waals surface area contributed by atoms with Gasteiger partial charge in [0, 0.05) is 39.4 Å². The summed E-state index contributed by atoms with van der Waals surface area (Å²) in [4.78, 5) is 2.51. The molecule has 47 heavy (non-hydrogen) atoms. The van der Waals surface area contributed by atoms with Gasteiger partial charge in [-0.1, -0.05) is 97.1 Å². The Labute approximate surface area is 273 Å². The van der Waals surface area contributed by atoms with Crippen molar-refractivity contribution >= 4 is 56.5 Å². The minimum Gasteiger partial charge on any atom is -0.487 e. The van der Waals surface area contributed by atoms with Gasteiger partial charge < -0.3 is 18.9 Å². The van der Waals surface area contributed by atoms with E-state index in [1.807, 2.05) is 0 Å². The first-order valence-corrected chi connectivity index (χ1v) is 16.6. The first-order valence-electron chi connectivity index (χ1n) is 16.6. The van der Waals surface area contributed by atoms with Crippen molar-refractivity contribution < 1.29 is 9.47 Å². The Bertz CT molecular complexity index is 2370. The van der Waals surface area contributed by atoms with Crippen molar-refractivity contribution in [2.45, 2.75) is 23.9 Å². The highest BCUT2D eigenvalue weighted by atomic mass is 16.5. The second-order valence-electron chi connectivity index (χ2n) is 13.1. The highest BCUT2D eigenvalue weighted by Crippen LogP contribution is 2.56. The van der Waals surface area contributed by atoms with Gasteiger partial charge in [-0.25, -0.2) is 0 Å². The highest BCUT2D eigenvalue weighted by molar-refractivity contribution is 6.89. The molecule has 0 fully saturated rings. The lowest BCUT2D eigenvalue weighted by Crippen LogP contribution is -2.56. The number of allylic oxidation sites excluding steroid dienone is 4. The van der Waals surface area contributed by atoms with Crippen LogP contribution in [0.15, 0.2) is 152 Å². The summed E-state index contributed by atoms with van der Waals surface area (Å²) in [5.41, 5.74) is 9.55. The Morgan fingerprint density at radius 3 is 2.23 bits per heavy atom. The van der Waals surface area contributed by atoms with E-state index in [1.165, 1.54) is 44.0 Å². The summed E-state index contributed by atoms with van der Waals surface area (Å²) in [6.45, 7) is 0.148. The van der Waals surface area contributed by atoms with Gasteiger partial charge in [0.1, 0.15) is 23.4 Å². The van der Waals surface area contributed by atoms with Gasteiger partial charge in [0.05, 0.1) is 22.8 Å². The molecule has 0 spiro atoms. The molecular weight excluding hydrogens is 575 g/mol. The zero-order valence-electron chi connectivity index (χ0n) is 25.5. The van der Waals surface area contributed by atoms with E-state index in [9.17, 15) is 0 Å². The van der Waals surface area contributed by atoms with Gasteiger partial charge in [-0.15, -0.1) is 0 Å². The Hall–Kier alpha value is -5.68. The van der Waals surface area contributed by atoms with E-state index < -0.39 is 0 Å². The number of hydrogen-bond acceptors (Lipinski definition) is 3. The number of anilines is 2. The van der Waals surface area contributed by atoms with Crippen LogP contribution in [0.4, 0.5) is 11.4 Å². The van der Waals surface area contributed by atoms with Crippen molar-refractivity contribution in [2.24, 2.45) is 0 Å². The van der Waals surface area contributed by atoms with Crippen molar-refractivity contribution in [1.29, 1.82) is 0 Å². The van der Waals surface area contributed by atoms with E-state index >= 15 is 0 Å². The third kappa shape index (κ3) is 3.43. The average molecular weight is 605 g/mol. The minimum atomic E-state index is -0.0133. The van der Waals surface area contributed by atoms with Gasteiger partial charge >= 0.3 is 0 Å². The number of fused-ring (bicyclic) bond motifs is 11. The number of aromatic nitrogens is 1. The van der Waals surface area contributed by atoms with E-state index in [0.717, 1.165) is 28.6 Å². The molecule has 4 nitrogen and oxygen atoms in total. The summed E-state index contributed by atoms with van der Waals surface area (Å²) < 4.78 is 16.3. The van der Waals surface area contributed by atoms with Crippen LogP contribution in [0.25, 0.3) is 27.5 Å². The topological polar surface area (TPSA) is 26.6 Å². The standard InChI is InChI=1S/C42H29BN2O2/c1-2-12-26(13-3-1)45-36-24-27(44-34-18-8-4-14-28(34)29-15-5-9-19-35(29)44)22-23-30(36)31-25-39-40-42(41(31)45)47-38-21-11-7-17-33(38)43(40)32-16-6-10-20-37(32)46-39/h1-25,30,32,36-37H. The minimum absolute atomic E-state index is 0.0133. The Morgan fingerprint density at radius 2 is 1.40 bits per heavy atom. The van der Waals surface area contributed by atoms with Crippen LogP contribution < -0.4 is 25.3 Å². The second-order valence-corrected chi connectivity index (χ2v) is 13.1. The monoisotopic (exact) mass is 604 g/mol. The van der Waals surface area contributed by atoms with Crippen LogP contribution in [-0.4, -0.2) is 23.4 Å². The smallest absolute Gasteiger partial charge is 0.235 e. The Balaban J connectivity index is 1.16. The molecule has 2 aliphatic carbocycles. The molecule has 222 valence electrons. The predicted molar refractivity (Wildman–Crippen MR) is 192 cm³/mol. The van der Waals surface area contributed by atoms with E-state index in [1.54, 1.807) is 0 Å². The van der Waals surface area contributed by atoms with Crippen molar-refractivity contribution in [3.05, 3.63) is 157 Å². The van der Waals surface area contributed by atoms with Gasteiger partial charge in [0.15, 0.2) is 0 Å². The van der Waals surface area contributed by atoms with Crippen LogP contribution in [0.3, 0.4) is 0 Å². The number of benzene rings is 5. The molecule has 6 aromatic rings. The van der Waals surface area contributed by atoms with E-state index in [2.05, 4.69) is 161 Å². The maximum absolute atomic E-state index is 7.01. The largest absolute Gasteiger partial charge is 0.487 e. The van der Waals surface area contributed by atoms with Gasteiger partial charge in [-0.2, -0.15) is 0 Å². The lowest BCUT2D eigenvalue weighted by Gasteiger charge is -2.41. The quantitative estimate of drug-likeness (QED) is 0.186. The molecule has 0 amide bonds. The number of nitrogens with zero attached hydrogens (tertiary/aromatic N) is 2. The SMILES string of the molecule is C1=CC2Oc3cc4c(c5c3B(c3ccccc3O5)C2C=C1)N(c1ccccc1)C1C=C(n2c3ccccc3c3ccccc32)C=CC41. The summed E-state index contributed by atoms with van der Waals surface area (Å²) in [5, 5.41) is 2.54. The summed E-state index contributed by atoms with van der Waals surface area (Å²) >= 11 is 0. The molecule has 5 heteroatoms. The predicted octanol–water partition coefficient (Wildman–Crippen LogP) is 8.48. The summed E-state index contributed by atoms with van der Waals surface area (Å²) in [6, 6.07) is 39.2. The van der Waals surface area contributed by atoms with Gasteiger partial charge in [0.2, 0.25) is 6.71 Å². The van der Waals surface area contributed by atoms with E-state index in [0.29, 0.717) is 0 Å². The molecule has 1 aromatic heterocycles. The number of hydrogen-bond donors (Lipinski definition) is 0. The first kappa shape index (κ1) is 25.5. The van der Waals surface area contributed by atoms with Crippen molar-refractivity contribution in [1.82, 2.24) is 4.57 Å². The molecule has 3 aliphatic heterocycles. The lowest BCUT2D eigenvalue weighted by atomic mass is 9.30. The Kier molecular flexibility index (Phi) is 5.12. The van der Waals surface area contributed by atoms with Gasteiger partial charge in [0.25, 0.3) is 0 Å². The van der Waals surface area contributed by atoms with Gasteiger partial charge in [-0.3, -0.25) is 0 Å². The molecule has 0 saturated carbocycles. The zero-order chi connectivity index (χ0) is 30.6. The maximum atomic E-state index is 7.01. The van der Waals surface area contributed by atoms with Gasteiger partial charge in [-0.05, 0) is 65.7 Å². The first-order chi connectivity index (χ1) is 23.3. The fourth-order valence-corrected chi connectivity index (χ4v) is 8.88. The average Bonchev–Trinajstić information content (AvgIpc) is 3.64. The summed E-state index contributed by atoms with van der Waals surface area (Å²) in [6.07, 6.45) is 16.0. The van der Waals surface area contributed by atoms with Crippen molar-refractivity contribution in [3.8, 4) is 17.2 Å². The van der Waals surface area contributed by atoms with Crippen LogP contribution in [0, 0.1) is 0 Å². The molecule has 0 bridgehead atoms. The van der Waals surface area contributed by atoms with Crippen LogP contribution in [0.5, 0.6) is 17.2 Å². The molecular formula is C42H29BN2O2. The number of ether oxygens (including phenoxy) is 2. The van der Waals surface area contributed by atoms with Crippen LogP contribution in [-0.2, 0) is 0 Å². The molecule has 11 rings (SSSR count). The maximum Gasteiger partial charge on any atom is 0.235 e. The fourth-order valence-electron chi connectivity index (χ4n) is 8.88. The number of rotatable bonds is 2. The molecule has 0 saturated heterocycles. The molecule has 5 aliphatic rings. The zero-order valence-corrected chi connectivity index (χ0v) is 25.5. The third-order valence-corrected chi connectivity index (χ3v) is 10.8. The molecule has 4 atom stereocenters. The van der Waals surface area contributed by atoms with Crippen LogP contribution in [0.2, 0.25) is 5.82 Å². The summed E-state index contributed by atoms with van der Waals surface area (Å²) in [7, 11) is 0. The second kappa shape index (κ2) is 9.43. The van der Waals surface area contributed by atoms with Crippen LogP contribution >= 0.6 is 0 Å². The van der Waals surface area contributed by atoms with E-state index in [4.69, 9.17) is 9.47 Å². The number of para-hydroxylation sites is 4. The van der Waals surface area contributed by atoms with Crippen molar-refractivity contribution in [3.63, 3.8) is 0 Å². The molecule has 0 radical (unpaired) electrons. The molecule has 4 heterocycles.